The Bertz CT molecular complexity index is 271. The molecule has 22 heavy (non-hydrogen) atoms. The van der Waals surface area contributed by atoms with Gasteiger partial charge in [-0.05, 0) is 73.3 Å². The number of likely N-dealkylation sites (tertiary alicyclic amines) is 1. The second kappa shape index (κ2) is 9.86. The molecule has 2 fully saturated rings. The average molecular weight is 313 g/mol. The molecule has 0 atom stereocenters. The first-order valence-electron chi connectivity index (χ1n) is 9.15. The number of piperazine rings is 1. The predicted molar refractivity (Wildman–Crippen MR) is 97.6 cm³/mol. The maximum Gasteiger partial charge on any atom is 0.0126 e. The highest BCUT2D eigenvalue weighted by Crippen LogP contribution is 2.17. The summed E-state index contributed by atoms with van der Waals surface area (Å²) in [5, 5.41) is 3.35. The Morgan fingerprint density at radius 2 is 1.55 bits per heavy atom. The lowest BCUT2D eigenvalue weighted by atomic mass is 9.96. The van der Waals surface area contributed by atoms with E-state index in [1.54, 1.807) is 0 Å². The summed E-state index contributed by atoms with van der Waals surface area (Å²) >= 11 is 0. The summed E-state index contributed by atoms with van der Waals surface area (Å²) in [4.78, 5) is 7.38. The Labute approximate surface area is 139 Å². The highest BCUT2D eigenvalue weighted by molar-refractivity contribution is 4.79. The van der Waals surface area contributed by atoms with Gasteiger partial charge in [0.1, 0.15) is 0 Å². The molecule has 4 heteroatoms. The van der Waals surface area contributed by atoms with Crippen LogP contribution in [0.3, 0.4) is 0 Å². The fraction of sp³-hybridized carbons (Fsp3) is 1.00. The van der Waals surface area contributed by atoms with Crippen LogP contribution >= 0.6 is 0 Å². The normalized spacial score (nSPS) is 22.5. The summed E-state index contributed by atoms with van der Waals surface area (Å²) < 4.78 is 0. The van der Waals surface area contributed by atoms with E-state index in [4.69, 9.17) is 0 Å². The maximum atomic E-state index is 3.35. The van der Waals surface area contributed by atoms with Gasteiger partial charge in [-0.3, -0.25) is 4.90 Å². The summed E-state index contributed by atoms with van der Waals surface area (Å²) in [6.45, 7) is 18.9. The Hall–Kier alpha value is -0.160. The zero-order valence-corrected chi connectivity index (χ0v) is 16.0. The number of rotatable bonds is 3. The smallest absolute Gasteiger partial charge is 0.0126 e. The zero-order valence-electron chi connectivity index (χ0n) is 16.0. The summed E-state index contributed by atoms with van der Waals surface area (Å²) in [7, 11) is 4.35. The molecule has 0 aromatic carbocycles. The van der Waals surface area contributed by atoms with Gasteiger partial charge in [-0.1, -0.05) is 6.92 Å². The first-order chi connectivity index (χ1) is 10.3. The quantitative estimate of drug-likeness (QED) is 0.860. The van der Waals surface area contributed by atoms with Gasteiger partial charge in [0.25, 0.3) is 0 Å². The van der Waals surface area contributed by atoms with Crippen molar-refractivity contribution >= 4 is 0 Å². The third-order valence-corrected chi connectivity index (χ3v) is 4.84. The van der Waals surface area contributed by atoms with Gasteiger partial charge in [0.05, 0.1) is 0 Å². The molecule has 0 saturated carbocycles. The largest absolute Gasteiger partial charge is 0.314 e. The molecule has 0 unspecified atom stereocenters. The standard InChI is InChI=1S/C10H22N2.C8H18N2/c1-4-12-7-5-10(6-8-12)9-11(2)3;1-8(2,3)10-6-4-9-5-7-10/h10H,4-9H2,1-3H3;9H,4-7H2,1-3H3. The summed E-state index contributed by atoms with van der Waals surface area (Å²) in [6, 6.07) is 0. The lowest BCUT2D eigenvalue weighted by Crippen LogP contribution is -2.51. The van der Waals surface area contributed by atoms with E-state index in [0.29, 0.717) is 5.54 Å². The van der Waals surface area contributed by atoms with Gasteiger partial charge < -0.3 is 15.1 Å². The van der Waals surface area contributed by atoms with Crippen molar-refractivity contribution in [3.63, 3.8) is 0 Å². The Morgan fingerprint density at radius 3 is 1.91 bits per heavy atom. The van der Waals surface area contributed by atoms with E-state index in [1.807, 2.05) is 0 Å². The van der Waals surface area contributed by atoms with Crippen molar-refractivity contribution in [1.29, 1.82) is 0 Å². The molecule has 2 saturated heterocycles. The molecule has 0 spiro atoms. The molecule has 2 heterocycles. The summed E-state index contributed by atoms with van der Waals surface area (Å²) in [5.74, 6) is 0.947. The summed E-state index contributed by atoms with van der Waals surface area (Å²) in [5.41, 5.74) is 0.363. The Balaban J connectivity index is 0.000000224. The molecule has 0 bridgehead atoms. The summed E-state index contributed by atoms with van der Waals surface area (Å²) in [6.07, 6.45) is 2.79. The molecule has 0 aromatic heterocycles. The van der Waals surface area contributed by atoms with Gasteiger partial charge in [-0.25, -0.2) is 0 Å². The molecule has 132 valence electrons. The van der Waals surface area contributed by atoms with Crippen LogP contribution in [0.5, 0.6) is 0 Å². The van der Waals surface area contributed by atoms with Crippen molar-refractivity contribution < 1.29 is 0 Å². The van der Waals surface area contributed by atoms with Crippen LogP contribution < -0.4 is 5.32 Å². The minimum atomic E-state index is 0.363. The second-order valence-electron chi connectivity index (χ2n) is 8.05. The van der Waals surface area contributed by atoms with Crippen LogP contribution in [-0.2, 0) is 0 Å². The second-order valence-corrected chi connectivity index (χ2v) is 8.05. The van der Waals surface area contributed by atoms with Crippen LogP contribution in [0.2, 0.25) is 0 Å². The van der Waals surface area contributed by atoms with E-state index in [0.717, 1.165) is 19.0 Å². The van der Waals surface area contributed by atoms with Crippen LogP contribution in [0.1, 0.15) is 40.5 Å². The highest BCUT2D eigenvalue weighted by atomic mass is 15.2. The van der Waals surface area contributed by atoms with E-state index >= 15 is 0 Å². The lowest BCUT2D eigenvalue weighted by molar-refractivity contribution is 0.119. The Morgan fingerprint density at radius 1 is 1.00 bits per heavy atom. The van der Waals surface area contributed by atoms with Crippen LogP contribution in [0.25, 0.3) is 0 Å². The highest BCUT2D eigenvalue weighted by Gasteiger charge is 2.22. The first kappa shape index (κ1) is 19.9. The molecule has 2 rings (SSSR count). The van der Waals surface area contributed by atoms with Gasteiger partial charge in [0.2, 0.25) is 0 Å². The van der Waals surface area contributed by atoms with Crippen molar-refractivity contribution in [2.75, 3.05) is 66.5 Å². The Kier molecular flexibility index (Phi) is 8.91. The molecule has 0 aromatic rings. The molecule has 0 aliphatic carbocycles. The van der Waals surface area contributed by atoms with Crippen LogP contribution in [0.15, 0.2) is 0 Å². The van der Waals surface area contributed by atoms with Crippen molar-refractivity contribution in [3.05, 3.63) is 0 Å². The number of nitrogens with zero attached hydrogens (tertiary/aromatic N) is 3. The maximum absolute atomic E-state index is 3.35. The third-order valence-electron chi connectivity index (χ3n) is 4.84. The lowest BCUT2D eigenvalue weighted by Gasteiger charge is -2.38. The molecule has 2 aliphatic rings. The number of hydrogen-bond acceptors (Lipinski definition) is 4. The predicted octanol–water partition coefficient (Wildman–Crippen LogP) is 1.97. The van der Waals surface area contributed by atoms with E-state index in [1.165, 1.54) is 52.1 Å². The van der Waals surface area contributed by atoms with Crippen molar-refractivity contribution in [3.8, 4) is 0 Å². The first-order valence-corrected chi connectivity index (χ1v) is 9.15. The SMILES string of the molecule is CC(C)(C)N1CCNCC1.CCN1CCC(CN(C)C)CC1. The molecule has 1 N–H and O–H groups in total. The molecule has 0 amide bonds. The fourth-order valence-electron chi connectivity index (χ4n) is 3.34. The van der Waals surface area contributed by atoms with E-state index in [2.05, 4.69) is 61.8 Å². The number of piperidine rings is 1. The molecule has 0 radical (unpaired) electrons. The molecule has 2 aliphatic heterocycles. The third kappa shape index (κ3) is 7.91. The van der Waals surface area contributed by atoms with E-state index in [-0.39, 0.29) is 0 Å². The van der Waals surface area contributed by atoms with Gasteiger partial charge in [-0.2, -0.15) is 0 Å². The number of hydrogen-bond donors (Lipinski definition) is 1. The zero-order chi connectivity index (χ0) is 16.6. The topological polar surface area (TPSA) is 21.8 Å². The van der Waals surface area contributed by atoms with Gasteiger partial charge >= 0.3 is 0 Å². The monoisotopic (exact) mass is 312 g/mol. The molecular formula is C18H40N4. The number of nitrogens with one attached hydrogen (secondary N) is 1. The van der Waals surface area contributed by atoms with E-state index in [9.17, 15) is 0 Å². The van der Waals surface area contributed by atoms with Crippen molar-refractivity contribution in [2.45, 2.75) is 46.1 Å². The van der Waals surface area contributed by atoms with Gasteiger partial charge in [0.15, 0.2) is 0 Å². The van der Waals surface area contributed by atoms with Crippen molar-refractivity contribution in [1.82, 2.24) is 20.0 Å². The average Bonchev–Trinajstić information content (AvgIpc) is 2.48. The van der Waals surface area contributed by atoms with Crippen LogP contribution in [0.4, 0.5) is 0 Å². The van der Waals surface area contributed by atoms with E-state index < -0.39 is 0 Å². The fourth-order valence-corrected chi connectivity index (χ4v) is 3.34. The van der Waals surface area contributed by atoms with Gasteiger partial charge in [0, 0.05) is 38.3 Å². The molecule has 4 nitrogen and oxygen atoms in total. The van der Waals surface area contributed by atoms with Crippen molar-refractivity contribution in [2.24, 2.45) is 5.92 Å². The van der Waals surface area contributed by atoms with Crippen LogP contribution in [0, 0.1) is 5.92 Å². The minimum Gasteiger partial charge on any atom is -0.314 e. The van der Waals surface area contributed by atoms with Gasteiger partial charge in [-0.15, -0.1) is 0 Å². The molecular weight excluding hydrogens is 272 g/mol. The van der Waals surface area contributed by atoms with Crippen LogP contribution in [-0.4, -0.2) is 86.7 Å². The minimum absolute atomic E-state index is 0.363.